The maximum absolute atomic E-state index is 12.1. The zero-order valence-electron chi connectivity index (χ0n) is 16.0. The van der Waals surface area contributed by atoms with Crippen molar-refractivity contribution < 1.29 is 4.79 Å². The lowest BCUT2D eigenvalue weighted by molar-refractivity contribution is 0.187. The number of benzene rings is 2. The lowest BCUT2D eigenvalue weighted by Crippen LogP contribution is -2.48. The van der Waals surface area contributed by atoms with Crippen LogP contribution in [0.15, 0.2) is 59.5 Å². The Balaban J connectivity index is 1.30. The highest BCUT2D eigenvalue weighted by molar-refractivity contribution is 7.99. The van der Waals surface area contributed by atoms with Crippen LogP contribution in [0.4, 0.5) is 4.79 Å². The number of aryl methyl sites for hydroxylation is 1. The van der Waals surface area contributed by atoms with Crippen LogP contribution in [-0.4, -0.2) is 42.4 Å². The van der Waals surface area contributed by atoms with Gasteiger partial charge in [0, 0.05) is 42.9 Å². The molecule has 0 aliphatic carbocycles. The maximum atomic E-state index is 12.1. The summed E-state index contributed by atoms with van der Waals surface area (Å²) in [6.07, 6.45) is 2.02. The zero-order valence-corrected chi connectivity index (χ0v) is 16.8. The summed E-state index contributed by atoms with van der Waals surface area (Å²) in [5.74, 6) is 0.881. The lowest BCUT2D eigenvalue weighted by Gasteiger charge is -2.32. The Morgan fingerprint density at radius 1 is 1.11 bits per heavy atom. The van der Waals surface area contributed by atoms with E-state index in [1.807, 2.05) is 18.2 Å². The largest absolute Gasteiger partial charge is 0.337 e. The monoisotopic (exact) mass is 383 g/mol. The molecule has 1 heterocycles. The highest BCUT2D eigenvalue weighted by Crippen LogP contribution is 2.16. The Labute approximate surface area is 166 Å². The number of nitrogens with one attached hydrogen (secondary N) is 2. The van der Waals surface area contributed by atoms with Gasteiger partial charge in [-0.15, -0.1) is 11.8 Å². The fourth-order valence-corrected chi connectivity index (χ4v) is 4.18. The van der Waals surface area contributed by atoms with Crippen LogP contribution in [0.3, 0.4) is 0 Å². The molecule has 3 rings (SSSR count). The van der Waals surface area contributed by atoms with Gasteiger partial charge in [-0.2, -0.15) is 0 Å². The minimum Gasteiger partial charge on any atom is -0.337 e. The first kappa shape index (κ1) is 19.8. The van der Waals surface area contributed by atoms with Gasteiger partial charge in [0.2, 0.25) is 0 Å². The van der Waals surface area contributed by atoms with E-state index in [0.717, 1.165) is 38.2 Å². The molecule has 0 bridgehead atoms. The van der Waals surface area contributed by atoms with Gasteiger partial charge in [-0.05, 0) is 37.5 Å². The standard InChI is InChI=1S/C22H29N3OS/c1-18-6-5-7-19(16-18)17-25-13-10-20(11-14-25)24-22(26)23-12-15-27-21-8-3-2-4-9-21/h2-9,16,20H,10-15,17H2,1H3,(H2,23,24,26). The molecule has 5 heteroatoms. The summed E-state index contributed by atoms with van der Waals surface area (Å²) < 4.78 is 0. The number of likely N-dealkylation sites (tertiary alicyclic amines) is 1. The number of hydrogen-bond donors (Lipinski definition) is 2. The average molecular weight is 384 g/mol. The third kappa shape index (κ3) is 6.92. The molecule has 2 N–H and O–H groups in total. The number of urea groups is 1. The smallest absolute Gasteiger partial charge is 0.315 e. The zero-order chi connectivity index (χ0) is 18.9. The van der Waals surface area contributed by atoms with Crippen LogP contribution >= 0.6 is 11.8 Å². The van der Waals surface area contributed by atoms with Gasteiger partial charge >= 0.3 is 6.03 Å². The van der Waals surface area contributed by atoms with Crippen molar-refractivity contribution >= 4 is 17.8 Å². The molecule has 0 radical (unpaired) electrons. The molecule has 0 unspecified atom stereocenters. The van der Waals surface area contributed by atoms with Crippen LogP contribution in [0.25, 0.3) is 0 Å². The molecule has 1 aliphatic rings. The molecule has 0 spiro atoms. The van der Waals surface area contributed by atoms with Crippen molar-refractivity contribution in [1.82, 2.24) is 15.5 Å². The van der Waals surface area contributed by atoms with Crippen molar-refractivity contribution in [2.45, 2.75) is 37.2 Å². The number of thioether (sulfide) groups is 1. The predicted molar refractivity (Wildman–Crippen MR) is 113 cm³/mol. The van der Waals surface area contributed by atoms with Crippen LogP contribution in [0.2, 0.25) is 0 Å². The lowest BCUT2D eigenvalue weighted by atomic mass is 10.0. The number of amides is 2. The van der Waals surface area contributed by atoms with Gasteiger partial charge in [-0.1, -0.05) is 48.0 Å². The summed E-state index contributed by atoms with van der Waals surface area (Å²) in [6, 6.07) is 19.2. The van der Waals surface area contributed by atoms with E-state index in [1.165, 1.54) is 16.0 Å². The van der Waals surface area contributed by atoms with Crippen molar-refractivity contribution in [3.63, 3.8) is 0 Å². The summed E-state index contributed by atoms with van der Waals surface area (Å²) in [5.41, 5.74) is 2.68. The summed E-state index contributed by atoms with van der Waals surface area (Å²) >= 11 is 1.76. The highest BCUT2D eigenvalue weighted by Gasteiger charge is 2.20. The molecule has 2 amide bonds. The first-order valence-corrected chi connectivity index (χ1v) is 10.7. The third-order valence-corrected chi connectivity index (χ3v) is 5.82. The molecular weight excluding hydrogens is 354 g/mol. The third-order valence-electron chi connectivity index (χ3n) is 4.81. The van der Waals surface area contributed by atoms with Crippen LogP contribution in [0.1, 0.15) is 24.0 Å². The molecule has 0 saturated carbocycles. The van der Waals surface area contributed by atoms with Gasteiger partial charge in [0.05, 0.1) is 0 Å². The second-order valence-electron chi connectivity index (χ2n) is 7.10. The number of rotatable bonds is 7. The minimum atomic E-state index is -0.0409. The Hall–Kier alpha value is -1.98. The molecule has 1 saturated heterocycles. The Morgan fingerprint density at radius 2 is 1.89 bits per heavy atom. The predicted octanol–water partition coefficient (Wildman–Crippen LogP) is 4.05. The van der Waals surface area contributed by atoms with Gasteiger partial charge in [0.1, 0.15) is 0 Å². The van der Waals surface area contributed by atoms with Gasteiger partial charge < -0.3 is 10.6 Å². The molecule has 2 aromatic rings. The Bertz CT molecular complexity index is 715. The first-order chi connectivity index (χ1) is 13.2. The molecule has 4 nitrogen and oxygen atoms in total. The van der Waals surface area contributed by atoms with Crippen LogP contribution in [0, 0.1) is 6.92 Å². The fraction of sp³-hybridized carbons (Fsp3) is 0.409. The minimum absolute atomic E-state index is 0.0409. The number of hydrogen-bond acceptors (Lipinski definition) is 3. The van der Waals surface area contributed by atoms with Crippen molar-refractivity contribution in [2.75, 3.05) is 25.4 Å². The Morgan fingerprint density at radius 3 is 2.63 bits per heavy atom. The number of carbonyl (C=O) groups excluding carboxylic acids is 1. The summed E-state index contributed by atoms with van der Waals surface area (Å²) in [5, 5.41) is 6.10. The average Bonchev–Trinajstić information content (AvgIpc) is 2.68. The Kier molecular flexibility index (Phi) is 7.60. The molecule has 1 aliphatic heterocycles. The highest BCUT2D eigenvalue weighted by atomic mass is 32.2. The van der Waals surface area contributed by atoms with E-state index >= 15 is 0 Å². The van der Waals surface area contributed by atoms with Gasteiger partial charge in [-0.3, -0.25) is 4.90 Å². The summed E-state index contributed by atoms with van der Waals surface area (Å²) in [4.78, 5) is 15.8. The SMILES string of the molecule is Cc1cccc(CN2CCC(NC(=O)NCCSc3ccccc3)CC2)c1. The number of carbonyl (C=O) groups is 1. The van der Waals surface area contributed by atoms with Gasteiger partial charge in [-0.25, -0.2) is 4.79 Å². The number of nitrogens with zero attached hydrogens (tertiary/aromatic N) is 1. The molecule has 1 fully saturated rings. The molecule has 0 atom stereocenters. The second kappa shape index (κ2) is 10.4. The van der Waals surface area contributed by atoms with E-state index in [4.69, 9.17) is 0 Å². The van der Waals surface area contributed by atoms with Gasteiger partial charge in [0.25, 0.3) is 0 Å². The quantitative estimate of drug-likeness (QED) is 0.560. The molecular formula is C22H29N3OS. The van der Waals surface area contributed by atoms with Gasteiger partial charge in [0.15, 0.2) is 0 Å². The van der Waals surface area contributed by atoms with E-state index in [2.05, 4.69) is 58.9 Å². The van der Waals surface area contributed by atoms with Crippen molar-refractivity contribution in [1.29, 1.82) is 0 Å². The van der Waals surface area contributed by atoms with Crippen molar-refractivity contribution in [3.05, 3.63) is 65.7 Å². The number of piperidine rings is 1. The van der Waals surface area contributed by atoms with E-state index in [1.54, 1.807) is 11.8 Å². The van der Waals surface area contributed by atoms with Crippen LogP contribution in [-0.2, 0) is 6.54 Å². The van der Waals surface area contributed by atoms with Crippen LogP contribution < -0.4 is 10.6 Å². The maximum Gasteiger partial charge on any atom is 0.315 e. The van der Waals surface area contributed by atoms with Crippen molar-refractivity contribution in [2.24, 2.45) is 0 Å². The normalized spacial score (nSPS) is 15.4. The van der Waals surface area contributed by atoms with E-state index in [9.17, 15) is 4.79 Å². The van der Waals surface area contributed by atoms with Crippen molar-refractivity contribution in [3.8, 4) is 0 Å². The topological polar surface area (TPSA) is 44.4 Å². The second-order valence-corrected chi connectivity index (χ2v) is 8.27. The summed E-state index contributed by atoms with van der Waals surface area (Å²) in [6.45, 7) is 5.87. The molecule has 0 aromatic heterocycles. The van der Waals surface area contributed by atoms with E-state index in [-0.39, 0.29) is 12.1 Å². The molecule has 27 heavy (non-hydrogen) atoms. The van der Waals surface area contributed by atoms with E-state index in [0.29, 0.717) is 6.54 Å². The van der Waals surface area contributed by atoms with Crippen LogP contribution in [0.5, 0.6) is 0 Å². The van der Waals surface area contributed by atoms with E-state index < -0.39 is 0 Å². The fourth-order valence-electron chi connectivity index (χ4n) is 3.39. The molecule has 2 aromatic carbocycles. The summed E-state index contributed by atoms with van der Waals surface area (Å²) in [7, 11) is 0. The first-order valence-electron chi connectivity index (χ1n) is 9.69. The molecule has 144 valence electrons.